The molecule has 0 radical (unpaired) electrons. The molecule has 5 heteroatoms. The van der Waals surface area contributed by atoms with Gasteiger partial charge < -0.3 is 10.0 Å². The molecule has 1 aromatic heterocycles. The highest BCUT2D eigenvalue weighted by Gasteiger charge is 2.22. The van der Waals surface area contributed by atoms with Crippen LogP contribution in [0, 0.1) is 0 Å². The van der Waals surface area contributed by atoms with Crippen LogP contribution in [0.25, 0.3) is 0 Å². The van der Waals surface area contributed by atoms with Crippen LogP contribution in [0.5, 0.6) is 0 Å². The molecule has 0 spiro atoms. The molecule has 1 N–H and O–H groups in total. The Morgan fingerprint density at radius 1 is 1.09 bits per heavy atom. The van der Waals surface area contributed by atoms with Crippen molar-refractivity contribution >= 4 is 5.82 Å². The van der Waals surface area contributed by atoms with Crippen LogP contribution in [0.4, 0.5) is 5.82 Å². The van der Waals surface area contributed by atoms with Crippen molar-refractivity contribution in [1.29, 1.82) is 0 Å². The molecule has 0 aliphatic carbocycles. The van der Waals surface area contributed by atoms with Gasteiger partial charge in [0.1, 0.15) is 5.82 Å². The van der Waals surface area contributed by atoms with Gasteiger partial charge in [-0.15, -0.1) is 0 Å². The fourth-order valence-corrected chi connectivity index (χ4v) is 3.69. The Hall–Kier alpha value is -1.17. The van der Waals surface area contributed by atoms with Gasteiger partial charge in [0.25, 0.3) is 0 Å². The quantitative estimate of drug-likeness (QED) is 0.862. The Labute approximate surface area is 139 Å². The number of hydrogen-bond donors (Lipinski definition) is 1. The van der Waals surface area contributed by atoms with E-state index in [0.717, 1.165) is 58.1 Å². The van der Waals surface area contributed by atoms with E-state index in [0.29, 0.717) is 6.04 Å². The minimum atomic E-state index is 0.276. The zero-order valence-corrected chi connectivity index (χ0v) is 14.3. The van der Waals surface area contributed by atoms with Gasteiger partial charge in [0.2, 0.25) is 0 Å². The normalized spacial score (nSPS) is 21.7. The van der Waals surface area contributed by atoms with E-state index in [9.17, 15) is 5.11 Å². The second-order valence-corrected chi connectivity index (χ2v) is 6.78. The van der Waals surface area contributed by atoms with E-state index in [4.69, 9.17) is 0 Å². The lowest BCUT2D eigenvalue weighted by Gasteiger charge is -2.38. The molecule has 23 heavy (non-hydrogen) atoms. The van der Waals surface area contributed by atoms with Gasteiger partial charge in [0.15, 0.2) is 0 Å². The Balaban J connectivity index is 1.48. The summed E-state index contributed by atoms with van der Waals surface area (Å²) < 4.78 is 0. The molecule has 1 atom stereocenters. The fourth-order valence-electron chi connectivity index (χ4n) is 3.69. The molecular formula is C18H30N4O. The van der Waals surface area contributed by atoms with Crippen LogP contribution in [0.15, 0.2) is 18.3 Å². The van der Waals surface area contributed by atoms with Gasteiger partial charge in [0.05, 0.1) is 6.61 Å². The summed E-state index contributed by atoms with van der Waals surface area (Å²) in [5.41, 5.74) is 1.30. The van der Waals surface area contributed by atoms with Gasteiger partial charge in [-0.3, -0.25) is 9.80 Å². The van der Waals surface area contributed by atoms with Crippen LogP contribution in [0.1, 0.15) is 31.7 Å². The third-order valence-electron chi connectivity index (χ3n) is 5.25. The summed E-state index contributed by atoms with van der Waals surface area (Å²) in [6.07, 6.45) is 5.65. The topological polar surface area (TPSA) is 42.8 Å². The van der Waals surface area contributed by atoms with Crippen molar-refractivity contribution in [3.63, 3.8) is 0 Å². The lowest BCUT2D eigenvalue weighted by atomic mass is 10.1. The number of pyridine rings is 1. The minimum Gasteiger partial charge on any atom is -0.395 e. The van der Waals surface area contributed by atoms with Crippen LogP contribution < -0.4 is 4.90 Å². The fraction of sp³-hybridized carbons (Fsp3) is 0.722. The molecule has 2 aliphatic heterocycles. The van der Waals surface area contributed by atoms with E-state index < -0.39 is 0 Å². The van der Waals surface area contributed by atoms with Crippen molar-refractivity contribution in [3.8, 4) is 0 Å². The smallest absolute Gasteiger partial charge is 0.128 e. The van der Waals surface area contributed by atoms with Crippen molar-refractivity contribution in [1.82, 2.24) is 14.8 Å². The summed E-state index contributed by atoms with van der Waals surface area (Å²) in [5.74, 6) is 1.13. The standard InChI is InChI=1S/C18H30N4O/c1-2-17(15-23)21-11-9-20(10-12-21)14-16-5-6-18(19-13-16)22-7-3-4-8-22/h5-6,13,17,23H,2-4,7-12,14-15H2,1H3. The summed E-state index contributed by atoms with van der Waals surface area (Å²) in [6.45, 7) is 9.97. The number of aliphatic hydroxyl groups excluding tert-OH is 1. The molecule has 5 nitrogen and oxygen atoms in total. The Morgan fingerprint density at radius 2 is 1.83 bits per heavy atom. The summed E-state index contributed by atoms with van der Waals surface area (Å²) >= 11 is 0. The molecule has 0 bridgehead atoms. The molecule has 0 saturated carbocycles. The van der Waals surface area contributed by atoms with Crippen molar-refractivity contribution in [2.75, 3.05) is 50.8 Å². The first-order chi connectivity index (χ1) is 11.3. The average molecular weight is 318 g/mol. The highest BCUT2D eigenvalue weighted by Crippen LogP contribution is 2.18. The maximum Gasteiger partial charge on any atom is 0.128 e. The third-order valence-corrected chi connectivity index (χ3v) is 5.25. The van der Waals surface area contributed by atoms with Crippen LogP contribution in [-0.2, 0) is 6.54 Å². The highest BCUT2D eigenvalue weighted by molar-refractivity contribution is 5.40. The lowest BCUT2D eigenvalue weighted by Crippen LogP contribution is -2.50. The lowest BCUT2D eigenvalue weighted by molar-refractivity contribution is 0.0608. The number of rotatable bonds is 6. The molecule has 2 fully saturated rings. The van der Waals surface area contributed by atoms with Gasteiger partial charge in [-0.1, -0.05) is 13.0 Å². The average Bonchev–Trinajstić information content (AvgIpc) is 3.13. The number of aromatic nitrogens is 1. The molecule has 0 amide bonds. The molecule has 128 valence electrons. The number of piperazine rings is 1. The van der Waals surface area contributed by atoms with Crippen molar-refractivity contribution < 1.29 is 5.11 Å². The number of anilines is 1. The molecule has 3 heterocycles. The van der Waals surface area contributed by atoms with Gasteiger partial charge in [-0.05, 0) is 30.9 Å². The predicted molar refractivity (Wildman–Crippen MR) is 93.7 cm³/mol. The zero-order valence-electron chi connectivity index (χ0n) is 14.3. The summed E-state index contributed by atoms with van der Waals surface area (Å²) in [6, 6.07) is 4.74. The van der Waals surface area contributed by atoms with Crippen molar-refractivity contribution in [2.45, 2.75) is 38.8 Å². The number of aliphatic hydroxyl groups is 1. The molecule has 0 aromatic carbocycles. The molecule has 2 saturated heterocycles. The largest absolute Gasteiger partial charge is 0.395 e. The SMILES string of the molecule is CCC(CO)N1CCN(Cc2ccc(N3CCCC3)nc2)CC1. The number of hydrogen-bond acceptors (Lipinski definition) is 5. The van der Waals surface area contributed by atoms with E-state index >= 15 is 0 Å². The maximum atomic E-state index is 9.43. The van der Waals surface area contributed by atoms with E-state index in [1.54, 1.807) is 0 Å². The molecular weight excluding hydrogens is 288 g/mol. The minimum absolute atomic E-state index is 0.276. The maximum absolute atomic E-state index is 9.43. The first-order valence-corrected chi connectivity index (χ1v) is 9.07. The summed E-state index contributed by atoms with van der Waals surface area (Å²) in [4.78, 5) is 11.9. The summed E-state index contributed by atoms with van der Waals surface area (Å²) in [5, 5.41) is 9.43. The van der Waals surface area contributed by atoms with Gasteiger partial charge in [0, 0.05) is 58.1 Å². The molecule has 1 aromatic rings. The third kappa shape index (κ3) is 4.22. The van der Waals surface area contributed by atoms with Crippen LogP contribution in [0.3, 0.4) is 0 Å². The molecule has 3 rings (SSSR count). The van der Waals surface area contributed by atoms with Crippen LogP contribution in [0.2, 0.25) is 0 Å². The van der Waals surface area contributed by atoms with Crippen molar-refractivity contribution in [3.05, 3.63) is 23.9 Å². The highest BCUT2D eigenvalue weighted by atomic mass is 16.3. The van der Waals surface area contributed by atoms with E-state index in [2.05, 4.69) is 38.7 Å². The first-order valence-electron chi connectivity index (χ1n) is 9.07. The Bertz CT molecular complexity index is 460. The van der Waals surface area contributed by atoms with E-state index in [1.165, 1.54) is 18.4 Å². The van der Waals surface area contributed by atoms with Crippen LogP contribution >= 0.6 is 0 Å². The van der Waals surface area contributed by atoms with Gasteiger partial charge >= 0.3 is 0 Å². The monoisotopic (exact) mass is 318 g/mol. The van der Waals surface area contributed by atoms with E-state index in [1.807, 2.05) is 6.20 Å². The summed E-state index contributed by atoms with van der Waals surface area (Å²) in [7, 11) is 0. The Morgan fingerprint density at radius 3 is 2.39 bits per heavy atom. The van der Waals surface area contributed by atoms with Gasteiger partial charge in [-0.2, -0.15) is 0 Å². The number of nitrogens with zero attached hydrogens (tertiary/aromatic N) is 4. The predicted octanol–water partition coefficient (Wildman–Crippen LogP) is 1.57. The Kier molecular flexibility index (Phi) is 5.86. The second-order valence-electron chi connectivity index (χ2n) is 6.78. The second kappa shape index (κ2) is 8.08. The first kappa shape index (κ1) is 16.7. The van der Waals surface area contributed by atoms with Gasteiger partial charge in [-0.25, -0.2) is 4.98 Å². The van der Waals surface area contributed by atoms with E-state index in [-0.39, 0.29) is 6.61 Å². The molecule has 1 unspecified atom stereocenters. The van der Waals surface area contributed by atoms with Crippen LogP contribution in [-0.4, -0.2) is 71.8 Å². The van der Waals surface area contributed by atoms with Crippen molar-refractivity contribution in [2.24, 2.45) is 0 Å². The zero-order chi connectivity index (χ0) is 16.1. The molecule has 2 aliphatic rings.